The predicted octanol–water partition coefficient (Wildman–Crippen LogP) is 1.96. The molecule has 0 aliphatic carbocycles. The van der Waals surface area contributed by atoms with E-state index in [4.69, 9.17) is 18.9 Å². The topological polar surface area (TPSA) is 86.3 Å². The Morgan fingerprint density at radius 3 is 2.71 bits per heavy atom. The number of benzene rings is 2. The molecule has 0 saturated carbocycles. The Bertz CT molecular complexity index is 869. The molecule has 7 heteroatoms. The number of ether oxygens (including phenoxy) is 4. The van der Waals surface area contributed by atoms with E-state index in [2.05, 4.69) is 5.32 Å². The number of carbonyl (C=O) groups excluding carboxylic acids is 1. The Kier molecular flexibility index (Phi) is 5.01. The van der Waals surface area contributed by atoms with Gasteiger partial charge in [-0.1, -0.05) is 30.3 Å². The molecule has 28 heavy (non-hydrogen) atoms. The van der Waals surface area contributed by atoms with Gasteiger partial charge in [0, 0.05) is 6.92 Å². The summed E-state index contributed by atoms with van der Waals surface area (Å²) < 4.78 is 23.6. The van der Waals surface area contributed by atoms with Crippen molar-refractivity contribution in [2.75, 3.05) is 6.61 Å². The van der Waals surface area contributed by atoms with Crippen molar-refractivity contribution in [1.82, 2.24) is 5.32 Å². The summed E-state index contributed by atoms with van der Waals surface area (Å²) in [6, 6.07) is 12.9. The van der Waals surface area contributed by atoms with Crippen molar-refractivity contribution in [2.24, 2.45) is 0 Å². The van der Waals surface area contributed by atoms with Crippen molar-refractivity contribution in [3.05, 3.63) is 42.5 Å². The second-order valence-corrected chi connectivity index (χ2v) is 7.68. The van der Waals surface area contributed by atoms with E-state index in [0.29, 0.717) is 5.75 Å². The zero-order valence-electron chi connectivity index (χ0n) is 16.1. The Hall–Kier alpha value is -2.19. The van der Waals surface area contributed by atoms with Crippen LogP contribution < -0.4 is 10.1 Å². The molecule has 2 heterocycles. The highest BCUT2D eigenvalue weighted by Crippen LogP contribution is 2.33. The van der Waals surface area contributed by atoms with E-state index in [1.165, 1.54) is 6.92 Å². The number of hydrogen-bond donors (Lipinski definition) is 2. The number of amides is 1. The fourth-order valence-electron chi connectivity index (χ4n) is 3.71. The van der Waals surface area contributed by atoms with Gasteiger partial charge in [-0.3, -0.25) is 4.79 Å². The summed E-state index contributed by atoms with van der Waals surface area (Å²) in [5, 5.41) is 15.8. The van der Waals surface area contributed by atoms with E-state index in [1.54, 1.807) is 13.8 Å². The molecule has 2 aliphatic rings. The van der Waals surface area contributed by atoms with Crippen LogP contribution in [0.15, 0.2) is 42.5 Å². The Balaban J connectivity index is 1.59. The van der Waals surface area contributed by atoms with Crippen LogP contribution in [0, 0.1) is 0 Å². The van der Waals surface area contributed by atoms with E-state index in [9.17, 15) is 9.90 Å². The van der Waals surface area contributed by atoms with E-state index in [1.807, 2.05) is 42.5 Å². The quantitative estimate of drug-likeness (QED) is 0.837. The Morgan fingerprint density at radius 2 is 1.96 bits per heavy atom. The number of fused-ring (bicyclic) bond motifs is 2. The van der Waals surface area contributed by atoms with Gasteiger partial charge in [0.1, 0.15) is 30.1 Å². The molecule has 1 amide bonds. The first kappa shape index (κ1) is 19.1. The molecule has 2 aromatic carbocycles. The van der Waals surface area contributed by atoms with Gasteiger partial charge in [0.05, 0.1) is 6.61 Å². The van der Waals surface area contributed by atoms with Crippen LogP contribution in [0.25, 0.3) is 10.8 Å². The molecule has 2 saturated heterocycles. The highest BCUT2D eigenvalue weighted by Gasteiger charge is 2.52. The lowest BCUT2D eigenvalue weighted by Gasteiger charge is -2.49. The number of aliphatic hydroxyl groups excluding tert-OH is 1. The number of aliphatic hydroxyl groups is 1. The van der Waals surface area contributed by atoms with E-state index in [0.717, 1.165) is 10.8 Å². The first-order valence-corrected chi connectivity index (χ1v) is 9.40. The zero-order valence-corrected chi connectivity index (χ0v) is 16.1. The lowest BCUT2D eigenvalue weighted by molar-refractivity contribution is -0.361. The van der Waals surface area contributed by atoms with Crippen molar-refractivity contribution >= 4 is 16.7 Å². The summed E-state index contributed by atoms with van der Waals surface area (Å²) in [7, 11) is 0. The maximum atomic E-state index is 11.7. The summed E-state index contributed by atoms with van der Waals surface area (Å²) in [4.78, 5) is 11.7. The average molecular weight is 387 g/mol. The summed E-state index contributed by atoms with van der Waals surface area (Å²) in [5.41, 5.74) is 0. The fourth-order valence-corrected chi connectivity index (χ4v) is 3.71. The van der Waals surface area contributed by atoms with Crippen LogP contribution in [0.4, 0.5) is 0 Å². The van der Waals surface area contributed by atoms with Gasteiger partial charge in [0.15, 0.2) is 5.79 Å². The molecule has 0 unspecified atom stereocenters. The van der Waals surface area contributed by atoms with Gasteiger partial charge in [-0.2, -0.15) is 0 Å². The summed E-state index contributed by atoms with van der Waals surface area (Å²) >= 11 is 0. The molecule has 2 fully saturated rings. The summed E-state index contributed by atoms with van der Waals surface area (Å²) in [6.07, 6.45) is -3.01. The molecule has 7 nitrogen and oxygen atoms in total. The molecule has 0 aromatic heterocycles. The Morgan fingerprint density at radius 1 is 1.21 bits per heavy atom. The highest BCUT2D eigenvalue weighted by molar-refractivity contribution is 5.83. The molecule has 0 bridgehead atoms. The van der Waals surface area contributed by atoms with Gasteiger partial charge in [0.2, 0.25) is 12.2 Å². The van der Waals surface area contributed by atoms with Crippen LogP contribution in [0.3, 0.4) is 0 Å². The first-order chi connectivity index (χ1) is 13.3. The van der Waals surface area contributed by atoms with E-state index >= 15 is 0 Å². The molecular formula is C21H25NO6. The third-order valence-corrected chi connectivity index (χ3v) is 5.03. The first-order valence-electron chi connectivity index (χ1n) is 9.40. The van der Waals surface area contributed by atoms with Crippen LogP contribution >= 0.6 is 0 Å². The fraction of sp³-hybridized carbons (Fsp3) is 0.476. The third-order valence-electron chi connectivity index (χ3n) is 5.03. The minimum atomic E-state index is -1.00. The number of hydrogen-bond acceptors (Lipinski definition) is 6. The van der Waals surface area contributed by atoms with Crippen LogP contribution in [-0.2, 0) is 19.0 Å². The van der Waals surface area contributed by atoms with Crippen molar-refractivity contribution in [3.8, 4) is 5.75 Å². The standard InChI is InChI=1S/C21H25NO6/c1-12(23)22-17-18(24)19-16(11-25-21(2,3)28-19)27-20(17)26-15-9-8-13-6-4-5-7-14(13)10-15/h4-10,16-20,24H,11H2,1-3H3,(H,22,23)/t16-,17-,18+,19+,20-/m0/s1. The van der Waals surface area contributed by atoms with Crippen molar-refractivity contribution in [1.29, 1.82) is 0 Å². The molecule has 2 aliphatic heterocycles. The van der Waals surface area contributed by atoms with Gasteiger partial charge >= 0.3 is 0 Å². The summed E-state index contributed by atoms with van der Waals surface area (Å²) in [5.74, 6) is -0.537. The number of rotatable bonds is 3. The average Bonchev–Trinajstić information content (AvgIpc) is 2.65. The Labute approximate surface area is 163 Å². The van der Waals surface area contributed by atoms with Gasteiger partial charge in [-0.05, 0) is 36.8 Å². The van der Waals surface area contributed by atoms with Crippen LogP contribution in [0.5, 0.6) is 5.75 Å². The molecular weight excluding hydrogens is 362 g/mol. The van der Waals surface area contributed by atoms with Crippen molar-refractivity contribution in [2.45, 2.75) is 57.2 Å². The maximum absolute atomic E-state index is 11.7. The molecule has 150 valence electrons. The number of nitrogens with one attached hydrogen (secondary N) is 1. The molecule has 0 radical (unpaired) electrons. The van der Waals surface area contributed by atoms with Crippen LogP contribution in [0.1, 0.15) is 20.8 Å². The lowest BCUT2D eigenvalue weighted by Crippen LogP contribution is -2.69. The third kappa shape index (κ3) is 3.84. The number of carbonyl (C=O) groups is 1. The van der Waals surface area contributed by atoms with Crippen molar-refractivity contribution in [3.63, 3.8) is 0 Å². The normalized spacial score (nSPS) is 31.8. The monoisotopic (exact) mass is 387 g/mol. The van der Waals surface area contributed by atoms with Gasteiger partial charge < -0.3 is 29.4 Å². The molecule has 4 rings (SSSR count). The molecule has 0 spiro atoms. The summed E-state index contributed by atoms with van der Waals surface area (Å²) in [6.45, 7) is 5.21. The predicted molar refractivity (Wildman–Crippen MR) is 102 cm³/mol. The van der Waals surface area contributed by atoms with E-state index in [-0.39, 0.29) is 12.5 Å². The minimum Gasteiger partial charge on any atom is -0.463 e. The SMILES string of the molecule is CC(=O)N[C@@H]1[C@@H](Oc2ccc3ccccc3c2)O[C@H]2COC(C)(C)O[C@H]2[C@@H]1O. The smallest absolute Gasteiger partial charge is 0.223 e. The highest BCUT2D eigenvalue weighted by atomic mass is 16.8. The lowest BCUT2D eigenvalue weighted by atomic mass is 9.95. The second-order valence-electron chi connectivity index (χ2n) is 7.68. The zero-order chi connectivity index (χ0) is 19.9. The second kappa shape index (κ2) is 7.33. The van der Waals surface area contributed by atoms with Gasteiger partial charge in [0.25, 0.3) is 0 Å². The van der Waals surface area contributed by atoms with Crippen LogP contribution in [-0.4, -0.2) is 54.1 Å². The van der Waals surface area contributed by atoms with Crippen LogP contribution in [0.2, 0.25) is 0 Å². The minimum absolute atomic E-state index is 0.263. The largest absolute Gasteiger partial charge is 0.463 e. The van der Waals surface area contributed by atoms with Gasteiger partial charge in [-0.25, -0.2) is 0 Å². The maximum Gasteiger partial charge on any atom is 0.223 e. The molecule has 5 atom stereocenters. The van der Waals surface area contributed by atoms with Gasteiger partial charge in [-0.15, -0.1) is 0 Å². The molecule has 2 N–H and O–H groups in total. The molecule has 2 aromatic rings. The van der Waals surface area contributed by atoms with Crippen molar-refractivity contribution < 1.29 is 28.8 Å². The van der Waals surface area contributed by atoms with E-state index < -0.39 is 36.4 Å².